The molecule has 3 aliphatic rings. The highest BCUT2D eigenvalue weighted by atomic mass is 16.5. The molecule has 0 spiro atoms. The normalized spacial score (nSPS) is 31.4. The Morgan fingerprint density at radius 3 is 2.90 bits per heavy atom. The number of piperidine rings is 1. The molecule has 3 aliphatic heterocycles. The fraction of sp³-hybridized carbons (Fsp3) is 0.933. The van der Waals surface area contributed by atoms with E-state index in [4.69, 9.17) is 4.74 Å². The molecule has 0 saturated carbocycles. The zero-order valence-corrected chi connectivity index (χ0v) is 12.3. The maximum absolute atomic E-state index is 12.0. The van der Waals surface area contributed by atoms with Crippen LogP contribution in [-0.2, 0) is 9.53 Å². The number of rotatable bonds is 5. The molecule has 3 fully saturated rings. The van der Waals surface area contributed by atoms with E-state index in [1.165, 1.54) is 19.4 Å². The first-order valence-corrected chi connectivity index (χ1v) is 8.18. The van der Waals surface area contributed by atoms with Crippen molar-refractivity contribution >= 4 is 5.91 Å². The van der Waals surface area contributed by atoms with Crippen LogP contribution in [0.15, 0.2) is 0 Å². The zero-order valence-electron chi connectivity index (χ0n) is 12.3. The van der Waals surface area contributed by atoms with E-state index >= 15 is 0 Å². The maximum Gasteiger partial charge on any atom is 0.222 e. The van der Waals surface area contributed by atoms with Gasteiger partial charge in [0.1, 0.15) is 0 Å². The zero-order chi connectivity index (χ0) is 13.8. The molecule has 0 aromatic carbocycles. The van der Waals surface area contributed by atoms with Gasteiger partial charge in [-0.1, -0.05) is 0 Å². The summed E-state index contributed by atoms with van der Waals surface area (Å²) in [7, 11) is 0. The molecule has 0 aliphatic carbocycles. The third-order valence-corrected chi connectivity index (χ3v) is 4.92. The van der Waals surface area contributed by atoms with Gasteiger partial charge >= 0.3 is 0 Å². The molecule has 0 aromatic heterocycles. The van der Waals surface area contributed by atoms with E-state index in [1.807, 2.05) is 0 Å². The number of nitrogens with zero attached hydrogens (tertiary/aromatic N) is 1. The Hall–Kier alpha value is -0.650. The second kappa shape index (κ2) is 6.87. The average Bonchev–Trinajstić information content (AvgIpc) is 3.05. The van der Waals surface area contributed by atoms with Gasteiger partial charge in [-0.25, -0.2) is 0 Å². The van der Waals surface area contributed by atoms with Crippen molar-refractivity contribution < 1.29 is 9.53 Å². The minimum Gasteiger partial charge on any atom is -0.378 e. The Morgan fingerprint density at radius 1 is 1.20 bits per heavy atom. The molecule has 3 heterocycles. The molecule has 0 bridgehead atoms. The Balaban J connectivity index is 1.33. The predicted molar refractivity (Wildman–Crippen MR) is 77.6 cm³/mol. The molecule has 5 nitrogen and oxygen atoms in total. The lowest BCUT2D eigenvalue weighted by Crippen LogP contribution is -2.42. The van der Waals surface area contributed by atoms with Gasteiger partial charge < -0.3 is 15.4 Å². The maximum atomic E-state index is 12.0. The Kier molecular flexibility index (Phi) is 4.91. The number of fused-ring (bicyclic) bond motifs is 1. The van der Waals surface area contributed by atoms with Crippen molar-refractivity contribution in [3.8, 4) is 0 Å². The summed E-state index contributed by atoms with van der Waals surface area (Å²) in [6.45, 7) is 5.02. The lowest BCUT2D eigenvalue weighted by molar-refractivity contribution is -0.123. The SMILES string of the molecule is O=C(CCOC1CCNCC1)NC1CCN2CCCC12. The van der Waals surface area contributed by atoms with Crippen LogP contribution in [0.3, 0.4) is 0 Å². The van der Waals surface area contributed by atoms with Crippen LogP contribution in [0, 0.1) is 0 Å². The van der Waals surface area contributed by atoms with Crippen molar-refractivity contribution in [3.63, 3.8) is 0 Å². The van der Waals surface area contributed by atoms with Crippen LogP contribution in [-0.4, -0.2) is 61.8 Å². The van der Waals surface area contributed by atoms with Gasteiger partial charge in [-0.05, 0) is 51.7 Å². The van der Waals surface area contributed by atoms with Crippen LogP contribution in [0.25, 0.3) is 0 Å². The molecule has 2 atom stereocenters. The third kappa shape index (κ3) is 3.51. The number of nitrogens with one attached hydrogen (secondary N) is 2. The first kappa shape index (κ1) is 14.3. The number of hydrogen-bond donors (Lipinski definition) is 2. The second-order valence-corrected chi connectivity index (χ2v) is 6.28. The van der Waals surface area contributed by atoms with Crippen LogP contribution in [0.5, 0.6) is 0 Å². The monoisotopic (exact) mass is 281 g/mol. The summed E-state index contributed by atoms with van der Waals surface area (Å²) in [5, 5.41) is 6.53. The molecular formula is C15H27N3O2. The summed E-state index contributed by atoms with van der Waals surface area (Å²) in [5.74, 6) is 0.165. The molecule has 3 saturated heterocycles. The predicted octanol–water partition coefficient (Wildman–Crippen LogP) is 0.498. The van der Waals surface area contributed by atoms with Crippen LogP contribution in [0.4, 0.5) is 0 Å². The molecule has 5 heteroatoms. The van der Waals surface area contributed by atoms with Gasteiger partial charge in [0.05, 0.1) is 12.7 Å². The highest BCUT2D eigenvalue weighted by molar-refractivity contribution is 5.76. The molecule has 0 radical (unpaired) electrons. The summed E-state index contributed by atoms with van der Waals surface area (Å²) < 4.78 is 5.79. The Morgan fingerprint density at radius 2 is 2.05 bits per heavy atom. The minimum atomic E-state index is 0.165. The van der Waals surface area contributed by atoms with Crippen LogP contribution < -0.4 is 10.6 Å². The van der Waals surface area contributed by atoms with E-state index in [0.717, 1.165) is 38.9 Å². The van der Waals surface area contributed by atoms with E-state index in [9.17, 15) is 4.79 Å². The largest absolute Gasteiger partial charge is 0.378 e. The van der Waals surface area contributed by atoms with Crippen LogP contribution in [0.1, 0.15) is 38.5 Å². The summed E-state index contributed by atoms with van der Waals surface area (Å²) in [6, 6.07) is 0.980. The second-order valence-electron chi connectivity index (χ2n) is 6.28. The van der Waals surface area contributed by atoms with E-state index in [0.29, 0.717) is 31.2 Å². The van der Waals surface area contributed by atoms with Gasteiger partial charge in [-0.15, -0.1) is 0 Å². The first-order valence-electron chi connectivity index (χ1n) is 8.18. The van der Waals surface area contributed by atoms with E-state index < -0.39 is 0 Å². The van der Waals surface area contributed by atoms with Gasteiger partial charge in [0, 0.05) is 25.0 Å². The highest BCUT2D eigenvalue weighted by Gasteiger charge is 2.37. The first-order chi connectivity index (χ1) is 9.83. The number of amides is 1. The summed E-state index contributed by atoms with van der Waals surface area (Å²) in [5.41, 5.74) is 0. The van der Waals surface area contributed by atoms with Crippen molar-refractivity contribution in [3.05, 3.63) is 0 Å². The lowest BCUT2D eigenvalue weighted by atomic mass is 10.1. The molecule has 0 aromatic rings. The fourth-order valence-electron chi connectivity index (χ4n) is 3.81. The van der Waals surface area contributed by atoms with Crippen LogP contribution >= 0.6 is 0 Å². The van der Waals surface area contributed by atoms with Crippen LogP contribution in [0.2, 0.25) is 0 Å². The van der Waals surface area contributed by atoms with Crippen molar-refractivity contribution in [1.82, 2.24) is 15.5 Å². The van der Waals surface area contributed by atoms with Gasteiger partial charge in [0.25, 0.3) is 0 Å². The number of carbonyl (C=O) groups is 1. The van der Waals surface area contributed by atoms with Crippen molar-refractivity contribution in [2.45, 2.75) is 56.7 Å². The highest BCUT2D eigenvalue weighted by Crippen LogP contribution is 2.27. The summed E-state index contributed by atoms with van der Waals surface area (Å²) in [4.78, 5) is 14.5. The Labute approximate surface area is 121 Å². The Bertz CT molecular complexity index is 331. The molecule has 2 unspecified atom stereocenters. The van der Waals surface area contributed by atoms with Gasteiger partial charge in [0.2, 0.25) is 5.91 Å². The topological polar surface area (TPSA) is 53.6 Å². The average molecular weight is 281 g/mol. The molecule has 20 heavy (non-hydrogen) atoms. The molecule has 114 valence electrons. The standard InChI is InChI=1S/C15H27N3O2/c19-15(6-11-20-12-3-7-16-8-4-12)17-13-5-10-18-9-1-2-14(13)18/h12-14,16H,1-11H2,(H,17,19). The summed E-state index contributed by atoms with van der Waals surface area (Å²) in [6.07, 6.45) is 6.65. The molecule has 1 amide bonds. The molecular weight excluding hydrogens is 254 g/mol. The van der Waals surface area contributed by atoms with Crippen molar-refractivity contribution in [1.29, 1.82) is 0 Å². The van der Waals surface area contributed by atoms with Gasteiger partial charge in [-0.3, -0.25) is 9.69 Å². The minimum absolute atomic E-state index is 0.165. The van der Waals surface area contributed by atoms with E-state index in [2.05, 4.69) is 15.5 Å². The number of ether oxygens (including phenoxy) is 1. The quantitative estimate of drug-likeness (QED) is 0.770. The van der Waals surface area contributed by atoms with Crippen molar-refractivity contribution in [2.24, 2.45) is 0 Å². The third-order valence-electron chi connectivity index (χ3n) is 4.92. The lowest BCUT2D eigenvalue weighted by Gasteiger charge is -2.23. The smallest absolute Gasteiger partial charge is 0.222 e. The number of hydrogen-bond acceptors (Lipinski definition) is 4. The van der Waals surface area contributed by atoms with Crippen molar-refractivity contribution in [2.75, 3.05) is 32.8 Å². The van der Waals surface area contributed by atoms with Gasteiger partial charge in [-0.2, -0.15) is 0 Å². The van der Waals surface area contributed by atoms with Gasteiger partial charge in [0.15, 0.2) is 0 Å². The van der Waals surface area contributed by atoms with E-state index in [-0.39, 0.29) is 5.91 Å². The van der Waals surface area contributed by atoms with E-state index in [1.54, 1.807) is 0 Å². The molecule has 2 N–H and O–H groups in total. The summed E-state index contributed by atoms with van der Waals surface area (Å²) >= 11 is 0. The fourth-order valence-corrected chi connectivity index (χ4v) is 3.81. The molecule has 3 rings (SSSR count). The number of carbonyl (C=O) groups excluding carboxylic acids is 1.